The Labute approximate surface area is 142 Å². The molecule has 0 atom stereocenters. The number of nitrogens with one attached hydrogen (secondary N) is 2. The molecule has 1 aromatic heterocycles. The van der Waals surface area contributed by atoms with Gasteiger partial charge in [0.1, 0.15) is 11.4 Å². The van der Waals surface area contributed by atoms with Crippen LogP contribution in [0.4, 0.5) is 4.39 Å². The quantitative estimate of drug-likeness (QED) is 0.854. The van der Waals surface area contributed by atoms with Crippen molar-refractivity contribution in [2.24, 2.45) is 0 Å². The van der Waals surface area contributed by atoms with E-state index in [1.807, 2.05) is 12.3 Å². The Kier molecular flexibility index (Phi) is 4.77. The minimum Gasteiger partial charge on any atom is -0.350 e. The topological polar surface area (TPSA) is 59.0 Å². The molecule has 0 saturated carbocycles. The number of rotatable bonds is 4. The summed E-state index contributed by atoms with van der Waals surface area (Å²) < 4.78 is 15.8. The highest BCUT2D eigenvalue weighted by molar-refractivity contribution is 9.10. The van der Waals surface area contributed by atoms with E-state index >= 15 is 0 Å². The summed E-state index contributed by atoms with van der Waals surface area (Å²) >= 11 is 3.26. The van der Waals surface area contributed by atoms with Crippen molar-refractivity contribution in [1.29, 1.82) is 0 Å². The molecule has 1 aliphatic heterocycles. The fourth-order valence-corrected chi connectivity index (χ4v) is 3.50. The zero-order valence-electron chi connectivity index (χ0n) is 12.6. The number of aromatic nitrogens is 2. The summed E-state index contributed by atoms with van der Waals surface area (Å²) in [4.78, 5) is 12.9. The summed E-state index contributed by atoms with van der Waals surface area (Å²) in [6.07, 6.45) is 4.85. The lowest BCUT2D eigenvalue weighted by molar-refractivity contribution is -0.132. The van der Waals surface area contributed by atoms with Crippen molar-refractivity contribution in [2.45, 2.75) is 24.9 Å². The van der Waals surface area contributed by atoms with Gasteiger partial charge in [0.05, 0.1) is 0 Å². The maximum atomic E-state index is 13.4. The smallest absolute Gasteiger partial charge is 0.248 e. The zero-order chi connectivity index (χ0) is 16.3. The van der Waals surface area contributed by atoms with Gasteiger partial charge in [-0.25, -0.2) is 4.39 Å². The Morgan fingerprint density at radius 1 is 1.39 bits per heavy atom. The predicted octanol–water partition coefficient (Wildman–Crippen LogP) is 2.18. The molecule has 0 spiro atoms. The number of benzene rings is 1. The molecule has 122 valence electrons. The molecule has 1 aromatic carbocycles. The van der Waals surface area contributed by atoms with Crippen LogP contribution in [0.2, 0.25) is 0 Å². The number of carbonyl (C=O) groups is 1. The third kappa shape index (κ3) is 3.45. The van der Waals surface area contributed by atoms with Gasteiger partial charge < -0.3 is 10.6 Å². The van der Waals surface area contributed by atoms with Crippen LogP contribution in [-0.4, -0.2) is 28.8 Å². The van der Waals surface area contributed by atoms with Crippen molar-refractivity contribution in [2.75, 3.05) is 13.1 Å². The predicted molar refractivity (Wildman–Crippen MR) is 88.3 cm³/mol. The maximum absolute atomic E-state index is 13.4. The molecule has 3 rings (SSSR count). The SMILES string of the molecule is O=C(NCc1cc(F)cc(Br)c1)C1(n2cccn2)CCNCC1. The number of halogens is 2. The lowest BCUT2D eigenvalue weighted by Crippen LogP contribution is -2.54. The summed E-state index contributed by atoms with van der Waals surface area (Å²) in [5.74, 6) is -0.407. The lowest BCUT2D eigenvalue weighted by atomic mass is 9.87. The summed E-state index contributed by atoms with van der Waals surface area (Å²) in [6.45, 7) is 1.81. The van der Waals surface area contributed by atoms with Crippen LogP contribution in [0.5, 0.6) is 0 Å². The maximum Gasteiger partial charge on any atom is 0.248 e. The zero-order valence-corrected chi connectivity index (χ0v) is 14.1. The molecule has 2 aromatic rings. The van der Waals surface area contributed by atoms with Crippen LogP contribution in [0.3, 0.4) is 0 Å². The average molecular weight is 381 g/mol. The Balaban J connectivity index is 1.76. The van der Waals surface area contributed by atoms with Gasteiger partial charge in [-0.3, -0.25) is 9.48 Å². The normalized spacial score (nSPS) is 17.0. The van der Waals surface area contributed by atoms with E-state index in [9.17, 15) is 9.18 Å². The highest BCUT2D eigenvalue weighted by Gasteiger charge is 2.41. The molecule has 1 saturated heterocycles. The van der Waals surface area contributed by atoms with Gasteiger partial charge in [0.15, 0.2) is 0 Å². The number of amides is 1. The van der Waals surface area contributed by atoms with Gasteiger partial charge in [-0.05, 0) is 55.8 Å². The Morgan fingerprint density at radius 3 is 2.83 bits per heavy atom. The molecular weight excluding hydrogens is 363 g/mol. The van der Waals surface area contributed by atoms with Crippen molar-refractivity contribution in [3.8, 4) is 0 Å². The van der Waals surface area contributed by atoms with Crippen molar-refractivity contribution in [1.82, 2.24) is 20.4 Å². The monoisotopic (exact) mass is 380 g/mol. The summed E-state index contributed by atoms with van der Waals surface area (Å²) in [5, 5.41) is 10.5. The molecule has 1 aliphatic rings. The van der Waals surface area contributed by atoms with E-state index in [-0.39, 0.29) is 18.3 Å². The van der Waals surface area contributed by atoms with Gasteiger partial charge >= 0.3 is 0 Å². The first-order valence-electron chi connectivity index (χ1n) is 7.54. The summed E-state index contributed by atoms with van der Waals surface area (Å²) in [5.41, 5.74) is 0.0361. The van der Waals surface area contributed by atoms with E-state index in [4.69, 9.17) is 0 Å². The van der Waals surface area contributed by atoms with Gasteiger partial charge in [0.25, 0.3) is 0 Å². The Hall–Kier alpha value is -1.73. The fraction of sp³-hybridized carbons (Fsp3) is 0.375. The van der Waals surface area contributed by atoms with E-state index in [1.54, 1.807) is 16.9 Å². The second kappa shape index (κ2) is 6.80. The summed E-state index contributed by atoms with van der Waals surface area (Å²) in [6, 6.07) is 6.44. The second-order valence-corrected chi connectivity index (χ2v) is 6.61. The molecule has 0 aliphatic carbocycles. The average Bonchev–Trinajstić information content (AvgIpc) is 3.07. The molecule has 0 bridgehead atoms. The third-order valence-electron chi connectivity index (χ3n) is 4.17. The standard InChI is InChI=1S/C16H18BrFN4O/c17-13-8-12(9-14(18)10-13)11-20-15(23)16(2-5-19-6-3-16)22-7-1-4-21-22/h1,4,7-10,19H,2-3,5-6,11H2,(H,20,23). The molecule has 5 nitrogen and oxygen atoms in total. The number of carbonyl (C=O) groups excluding carboxylic acids is 1. The minimum atomic E-state index is -0.681. The lowest BCUT2D eigenvalue weighted by Gasteiger charge is -2.36. The van der Waals surface area contributed by atoms with E-state index in [1.165, 1.54) is 12.1 Å². The van der Waals surface area contributed by atoms with Crippen LogP contribution in [0.1, 0.15) is 18.4 Å². The van der Waals surface area contributed by atoms with E-state index in [2.05, 4.69) is 31.7 Å². The summed E-state index contributed by atoms with van der Waals surface area (Å²) in [7, 11) is 0. The van der Waals surface area contributed by atoms with E-state index in [0.29, 0.717) is 17.3 Å². The highest BCUT2D eigenvalue weighted by Crippen LogP contribution is 2.27. The number of hydrogen-bond acceptors (Lipinski definition) is 3. The molecule has 7 heteroatoms. The molecule has 0 unspecified atom stereocenters. The molecule has 1 fully saturated rings. The molecule has 2 heterocycles. The van der Waals surface area contributed by atoms with Gasteiger partial charge in [-0.2, -0.15) is 5.10 Å². The van der Waals surface area contributed by atoms with Crippen molar-refractivity contribution >= 4 is 21.8 Å². The van der Waals surface area contributed by atoms with Crippen LogP contribution in [0, 0.1) is 5.82 Å². The largest absolute Gasteiger partial charge is 0.350 e. The first-order chi connectivity index (χ1) is 11.1. The third-order valence-corrected chi connectivity index (χ3v) is 4.63. The fourth-order valence-electron chi connectivity index (χ4n) is 2.98. The van der Waals surface area contributed by atoms with Crippen LogP contribution >= 0.6 is 15.9 Å². The van der Waals surface area contributed by atoms with E-state index in [0.717, 1.165) is 18.7 Å². The van der Waals surface area contributed by atoms with Gasteiger partial charge in [-0.1, -0.05) is 15.9 Å². The first-order valence-corrected chi connectivity index (χ1v) is 8.34. The first kappa shape index (κ1) is 16.1. The van der Waals surface area contributed by atoms with Crippen molar-refractivity contribution in [3.05, 3.63) is 52.5 Å². The number of piperidine rings is 1. The second-order valence-electron chi connectivity index (χ2n) is 5.69. The van der Waals surface area contributed by atoms with Crippen molar-refractivity contribution in [3.63, 3.8) is 0 Å². The van der Waals surface area contributed by atoms with Crippen LogP contribution < -0.4 is 10.6 Å². The van der Waals surface area contributed by atoms with E-state index < -0.39 is 5.54 Å². The molecule has 0 radical (unpaired) electrons. The molecule has 2 N–H and O–H groups in total. The highest BCUT2D eigenvalue weighted by atomic mass is 79.9. The van der Waals surface area contributed by atoms with Crippen LogP contribution in [-0.2, 0) is 16.9 Å². The molecular formula is C16H18BrFN4O. The number of hydrogen-bond donors (Lipinski definition) is 2. The Morgan fingerprint density at radius 2 is 2.17 bits per heavy atom. The van der Waals surface area contributed by atoms with Crippen LogP contribution in [0.25, 0.3) is 0 Å². The molecule has 23 heavy (non-hydrogen) atoms. The van der Waals surface area contributed by atoms with Crippen molar-refractivity contribution < 1.29 is 9.18 Å². The van der Waals surface area contributed by atoms with Gasteiger partial charge in [-0.15, -0.1) is 0 Å². The van der Waals surface area contributed by atoms with Crippen LogP contribution in [0.15, 0.2) is 41.1 Å². The van der Waals surface area contributed by atoms with Gasteiger partial charge in [0.2, 0.25) is 5.91 Å². The Bertz CT molecular complexity index is 663. The minimum absolute atomic E-state index is 0.0805. The number of nitrogens with zero attached hydrogens (tertiary/aromatic N) is 2. The van der Waals surface area contributed by atoms with Gasteiger partial charge in [0, 0.05) is 23.4 Å². The molecule has 1 amide bonds.